The highest BCUT2D eigenvalue weighted by atomic mass is 16.4. The maximum Gasteiger partial charge on any atom is 0.340 e. The van der Waals surface area contributed by atoms with Crippen molar-refractivity contribution in [2.45, 2.75) is 31.7 Å². The second-order valence-corrected chi connectivity index (χ2v) is 7.75. The zero-order valence-corrected chi connectivity index (χ0v) is 16.3. The fraction of sp³-hybridized carbons (Fsp3) is 0.318. The van der Waals surface area contributed by atoms with E-state index in [2.05, 4.69) is 5.43 Å². The van der Waals surface area contributed by atoms with Crippen LogP contribution in [0.3, 0.4) is 0 Å². The number of rotatable bonds is 9. The summed E-state index contributed by atoms with van der Waals surface area (Å²) in [5.41, 5.74) is 3.97. The van der Waals surface area contributed by atoms with E-state index in [9.17, 15) is 24.6 Å². The summed E-state index contributed by atoms with van der Waals surface area (Å²) in [5, 5.41) is 18.8. The minimum Gasteiger partial charge on any atom is -0.481 e. The van der Waals surface area contributed by atoms with Gasteiger partial charge in [-0.25, -0.2) is 0 Å². The molecule has 7 nitrogen and oxygen atoms in total. The molecule has 2 aromatic carbocycles. The van der Waals surface area contributed by atoms with Crippen molar-refractivity contribution in [1.82, 2.24) is 4.68 Å². The van der Waals surface area contributed by atoms with E-state index in [4.69, 9.17) is 0 Å². The Morgan fingerprint density at radius 1 is 1.00 bits per heavy atom. The molecule has 0 amide bonds. The highest BCUT2D eigenvalue weighted by molar-refractivity contribution is 5.70. The molecule has 0 spiro atoms. The van der Waals surface area contributed by atoms with Gasteiger partial charge in [-0.15, -0.1) is 0 Å². The Hall–Kier alpha value is -3.19. The molecule has 2 atom stereocenters. The third kappa shape index (κ3) is 4.30. The van der Waals surface area contributed by atoms with Gasteiger partial charge in [0.25, 0.3) is 0 Å². The van der Waals surface area contributed by atoms with E-state index in [0.717, 1.165) is 21.4 Å². The molecule has 1 heterocycles. The Balaban J connectivity index is 1.90. The van der Waals surface area contributed by atoms with Crippen LogP contribution in [0.15, 0.2) is 64.2 Å². The molecule has 0 unspecified atom stereocenters. The number of aliphatic hydroxyl groups excluding tert-OH is 1. The summed E-state index contributed by atoms with van der Waals surface area (Å²) in [6.45, 7) is 3.30. The maximum absolute atomic E-state index is 11.5. The first-order chi connectivity index (χ1) is 13.8. The maximum atomic E-state index is 11.5. The molecule has 3 rings (SSSR count). The topological polar surface area (TPSA) is 109 Å². The summed E-state index contributed by atoms with van der Waals surface area (Å²) >= 11 is 0. The van der Waals surface area contributed by atoms with Crippen molar-refractivity contribution in [3.63, 3.8) is 0 Å². The van der Waals surface area contributed by atoms with Gasteiger partial charge in [-0.1, -0.05) is 68.4 Å². The molecule has 0 saturated carbocycles. The Labute approximate surface area is 167 Å². The molecule has 0 aliphatic heterocycles. The lowest BCUT2D eigenvalue weighted by Gasteiger charge is -2.36. The van der Waals surface area contributed by atoms with Gasteiger partial charge in [-0.05, 0) is 23.1 Å². The van der Waals surface area contributed by atoms with E-state index in [1.807, 2.05) is 68.4 Å². The number of hydrogen-bond donors (Lipinski definition) is 3. The molecule has 0 fully saturated rings. The molecule has 0 radical (unpaired) electrons. The van der Waals surface area contributed by atoms with E-state index < -0.39 is 41.1 Å². The molecule has 3 N–H and O–H groups in total. The molecule has 0 aliphatic carbocycles. The van der Waals surface area contributed by atoms with Gasteiger partial charge in [0, 0.05) is 5.41 Å². The first kappa shape index (κ1) is 20.5. The summed E-state index contributed by atoms with van der Waals surface area (Å²) < 4.78 is 0.890. The van der Waals surface area contributed by atoms with Gasteiger partial charge < -0.3 is 15.6 Å². The molecule has 0 saturated heterocycles. The first-order valence-corrected chi connectivity index (χ1v) is 9.40. The summed E-state index contributed by atoms with van der Waals surface area (Å²) in [7, 11) is 0. The van der Waals surface area contributed by atoms with Crippen molar-refractivity contribution in [1.29, 1.82) is 0 Å². The van der Waals surface area contributed by atoms with E-state index in [1.165, 1.54) is 0 Å². The lowest BCUT2D eigenvalue weighted by Crippen LogP contribution is -2.45. The minimum atomic E-state index is -1.13. The van der Waals surface area contributed by atoms with Crippen molar-refractivity contribution >= 4 is 5.97 Å². The number of hydrogen-bond acceptors (Lipinski definition) is 5. The van der Waals surface area contributed by atoms with Crippen LogP contribution in [0, 0.1) is 5.92 Å². The molecule has 1 aromatic heterocycles. The number of aliphatic carboxylic acids is 1. The molecule has 0 aliphatic rings. The van der Waals surface area contributed by atoms with Crippen molar-refractivity contribution in [3.05, 3.63) is 80.9 Å². The van der Waals surface area contributed by atoms with Crippen LogP contribution in [0.4, 0.5) is 0 Å². The van der Waals surface area contributed by atoms with Gasteiger partial charge in [-0.3, -0.25) is 14.4 Å². The smallest absolute Gasteiger partial charge is 0.340 e. The fourth-order valence-corrected chi connectivity index (χ4v) is 3.38. The molecule has 29 heavy (non-hydrogen) atoms. The van der Waals surface area contributed by atoms with Crippen LogP contribution < -0.4 is 16.5 Å². The number of benzene rings is 2. The standard InChI is InChI=1S/C22H24N2O5/c1-22(2,17-10-8-15(9-11-17)14-6-4-3-5-7-14)18(12-16(13-25)21(28)29)23-24-19(26)20(24)27/h3-11,16,18,23,25H,12-13H2,1-2H3,(H,28,29)/t16-,18-/m0/s1. The first-order valence-electron chi connectivity index (χ1n) is 9.40. The lowest BCUT2D eigenvalue weighted by molar-refractivity contribution is -0.143. The number of aliphatic hydroxyl groups is 1. The van der Waals surface area contributed by atoms with Gasteiger partial charge in [0.2, 0.25) is 0 Å². The quantitative estimate of drug-likeness (QED) is 0.475. The average molecular weight is 396 g/mol. The SMILES string of the molecule is CC(C)(c1ccc(-c2ccccc2)cc1)[C@H](C[C@@H](CO)C(=O)O)Nn1c(=O)c1=O. The Morgan fingerprint density at radius 2 is 1.55 bits per heavy atom. The van der Waals surface area contributed by atoms with Crippen molar-refractivity contribution in [2.75, 3.05) is 12.0 Å². The van der Waals surface area contributed by atoms with Crippen molar-refractivity contribution in [3.8, 4) is 11.1 Å². The second-order valence-electron chi connectivity index (χ2n) is 7.75. The van der Waals surface area contributed by atoms with Gasteiger partial charge in [-0.2, -0.15) is 4.68 Å². The number of carboxylic acid groups (broad SMARTS) is 1. The van der Waals surface area contributed by atoms with E-state index in [-0.39, 0.29) is 6.42 Å². The third-order valence-corrected chi connectivity index (χ3v) is 5.52. The van der Waals surface area contributed by atoms with Crippen LogP contribution in [0.1, 0.15) is 25.8 Å². The van der Waals surface area contributed by atoms with Gasteiger partial charge in [0.1, 0.15) is 0 Å². The Bertz CT molecular complexity index is 1020. The second kappa shape index (κ2) is 8.05. The summed E-state index contributed by atoms with van der Waals surface area (Å²) in [4.78, 5) is 34.3. The number of nitrogens with one attached hydrogen (secondary N) is 1. The largest absolute Gasteiger partial charge is 0.481 e. The third-order valence-electron chi connectivity index (χ3n) is 5.52. The molecule has 0 bridgehead atoms. The lowest BCUT2D eigenvalue weighted by atomic mass is 9.74. The van der Waals surface area contributed by atoms with Crippen molar-refractivity contribution < 1.29 is 15.0 Å². The summed E-state index contributed by atoms with van der Waals surface area (Å²) in [6.07, 6.45) is 0.0519. The summed E-state index contributed by atoms with van der Waals surface area (Å²) in [6, 6.07) is 17.2. The van der Waals surface area contributed by atoms with Crippen LogP contribution in [0.2, 0.25) is 0 Å². The Kier molecular flexibility index (Phi) is 5.70. The highest BCUT2D eigenvalue weighted by Crippen LogP contribution is 2.33. The molecule has 152 valence electrons. The van der Waals surface area contributed by atoms with E-state index in [1.54, 1.807) is 0 Å². The number of nitrogens with zero attached hydrogens (tertiary/aromatic N) is 1. The van der Waals surface area contributed by atoms with Crippen molar-refractivity contribution in [2.24, 2.45) is 5.92 Å². The van der Waals surface area contributed by atoms with E-state index >= 15 is 0 Å². The number of carbonyl (C=O) groups is 1. The van der Waals surface area contributed by atoms with Crippen LogP contribution in [-0.4, -0.2) is 33.5 Å². The normalized spacial score (nSPS) is 13.9. The zero-order valence-electron chi connectivity index (χ0n) is 16.3. The molecule has 7 heteroatoms. The van der Waals surface area contributed by atoms with Gasteiger partial charge in [0.05, 0.1) is 18.6 Å². The average Bonchev–Trinajstić information content (AvgIpc) is 3.29. The zero-order chi connectivity index (χ0) is 21.2. The fourth-order valence-electron chi connectivity index (χ4n) is 3.38. The van der Waals surface area contributed by atoms with Crippen LogP contribution in [-0.2, 0) is 10.2 Å². The molecule has 3 aromatic rings. The number of carboxylic acids is 1. The predicted molar refractivity (Wildman–Crippen MR) is 110 cm³/mol. The van der Waals surface area contributed by atoms with Gasteiger partial charge in [0.15, 0.2) is 0 Å². The number of aromatic nitrogens is 1. The molecular weight excluding hydrogens is 372 g/mol. The van der Waals surface area contributed by atoms with Crippen LogP contribution in [0.5, 0.6) is 0 Å². The Morgan fingerprint density at radius 3 is 2.03 bits per heavy atom. The van der Waals surface area contributed by atoms with Gasteiger partial charge >= 0.3 is 17.1 Å². The summed E-state index contributed by atoms with van der Waals surface area (Å²) in [5.74, 6) is -2.14. The molecular formula is C22H24N2O5. The minimum absolute atomic E-state index is 0.0519. The van der Waals surface area contributed by atoms with Crippen LogP contribution >= 0.6 is 0 Å². The predicted octanol–water partition coefficient (Wildman–Crippen LogP) is 1.72. The van der Waals surface area contributed by atoms with E-state index in [0.29, 0.717) is 0 Å². The van der Waals surface area contributed by atoms with Crippen LogP contribution in [0.25, 0.3) is 11.1 Å². The monoisotopic (exact) mass is 396 g/mol. The highest BCUT2D eigenvalue weighted by Gasteiger charge is 2.37.